The van der Waals surface area contributed by atoms with Gasteiger partial charge in [0.05, 0.1) is 7.11 Å². The molecule has 5 aliphatic rings. The molecule has 0 radical (unpaired) electrons. The minimum absolute atomic E-state index is 0.260. The molecule has 1 aromatic carbocycles. The molecular weight excluding hydrogens is 322 g/mol. The first-order chi connectivity index (χ1) is 12.7. The SMILES string of the molecule is COc1ccc2c3c1OC1CC[C@H](C)C4[C@@H](C2)N(CC2CCC2)CC[C@]314. The van der Waals surface area contributed by atoms with Crippen LogP contribution in [-0.2, 0) is 11.8 Å². The van der Waals surface area contributed by atoms with E-state index >= 15 is 0 Å². The molecule has 1 spiro atoms. The zero-order chi connectivity index (χ0) is 17.5. The lowest BCUT2D eigenvalue weighted by molar-refractivity contribution is -0.0824. The average molecular weight is 354 g/mol. The van der Waals surface area contributed by atoms with Gasteiger partial charge in [0.1, 0.15) is 6.10 Å². The summed E-state index contributed by atoms with van der Waals surface area (Å²) in [6, 6.07) is 5.22. The summed E-state index contributed by atoms with van der Waals surface area (Å²) in [5, 5.41) is 0. The molecule has 2 aliphatic heterocycles. The Labute approximate surface area is 157 Å². The van der Waals surface area contributed by atoms with Gasteiger partial charge in [-0.05, 0) is 74.5 Å². The summed E-state index contributed by atoms with van der Waals surface area (Å²) in [7, 11) is 1.79. The van der Waals surface area contributed by atoms with Crippen molar-refractivity contribution < 1.29 is 9.47 Å². The largest absolute Gasteiger partial charge is 0.493 e. The van der Waals surface area contributed by atoms with Gasteiger partial charge in [0.2, 0.25) is 0 Å². The molecule has 2 unspecified atom stereocenters. The molecule has 3 heteroatoms. The van der Waals surface area contributed by atoms with Crippen LogP contribution in [0.4, 0.5) is 0 Å². The molecule has 2 heterocycles. The van der Waals surface area contributed by atoms with Gasteiger partial charge in [-0.1, -0.05) is 19.4 Å². The van der Waals surface area contributed by atoms with E-state index in [4.69, 9.17) is 9.47 Å². The molecule has 3 aliphatic carbocycles. The number of benzene rings is 1. The smallest absolute Gasteiger partial charge is 0.165 e. The first-order valence-electron chi connectivity index (χ1n) is 10.8. The van der Waals surface area contributed by atoms with Crippen LogP contribution >= 0.6 is 0 Å². The van der Waals surface area contributed by atoms with Crippen LogP contribution in [0.5, 0.6) is 11.5 Å². The molecule has 0 amide bonds. The van der Waals surface area contributed by atoms with Crippen molar-refractivity contribution in [2.24, 2.45) is 17.8 Å². The van der Waals surface area contributed by atoms with E-state index in [-0.39, 0.29) is 5.41 Å². The summed E-state index contributed by atoms with van der Waals surface area (Å²) in [6.45, 7) is 5.12. The molecule has 0 N–H and O–H groups in total. The van der Waals surface area contributed by atoms with Crippen molar-refractivity contribution in [3.8, 4) is 11.5 Å². The molecule has 2 bridgehead atoms. The van der Waals surface area contributed by atoms with Crippen molar-refractivity contribution in [2.45, 2.75) is 69.4 Å². The summed E-state index contributed by atoms with van der Waals surface area (Å²) >= 11 is 0. The number of methoxy groups -OCH3 is 1. The van der Waals surface area contributed by atoms with Gasteiger partial charge in [-0.2, -0.15) is 0 Å². The molecular formula is C23H31NO2. The van der Waals surface area contributed by atoms with E-state index in [0.29, 0.717) is 6.10 Å². The molecule has 3 fully saturated rings. The van der Waals surface area contributed by atoms with Crippen LogP contribution in [0.2, 0.25) is 0 Å². The highest BCUT2D eigenvalue weighted by Gasteiger charge is 2.65. The standard InChI is InChI=1S/C23H31NO2/c1-14-6-9-19-23-10-11-24(13-15-4-3-5-15)17(20(14)23)12-16-7-8-18(25-2)22(26-19)21(16)23/h7-8,14-15,17,19-20H,3-6,9-13H2,1-2H3/t14-,17+,19?,20?,23-/m0/s1. The van der Waals surface area contributed by atoms with Crippen LogP contribution in [0.15, 0.2) is 12.1 Å². The summed E-state index contributed by atoms with van der Waals surface area (Å²) < 4.78 is 12.4. The number of nitrogens with zero attached hydrogens (tertiary/aromatic N) is 1. The number of likely N-dealkylation sites (tertiary alicyclic amines) is 1. The summed E-state index contributed by atoms with van der Waals surface area (Å²) in [4.78, 5) is 2.89. The molecule has 26 heavy (non-hydrogen) atoms. The first-order valence-corrected chi connectivity index (χ1v) is 10.8. The van der Waals surface area contributed by atoms with E-state index in [1.807, 2.05) is 0 Å². The van der Waals surface area contributed by atoms with E-state index in [1.54, 1.807) is 18.2 Å². The molecule has 0 aromatic heterocycles. The van der Waals surface area contributed by atoms with Crippen molar-refractivity contribution in [3.63, 3.8) is 0 Å². The Balaban J connectivity index is 1.48. The Hall–Kier alpha value is -1.22. The summed E-state index contributed by atoms with van der Waals surface area (Å²) in [5.41, 5.74) is 3.37. The quantitative estimate of drug-likeness (QED) is 0.814. The zero-order valence-corrected chi connectivity index (χ0v) is 16.2. The highest BCUT2D eigenvalue weighted by molar-refractivity contribution is 5.61. The summed E-state index contributed by atoms with van der Waals surface area (Å²) in [5.74, 6) is 4.57. The van der Waals surface area contributed by atoms with Gasteiger partial charge in [-0.3, -0.25) is 4.90 Å². The van der Waals surface area contributed by atoms with Gasteiger partial charge < -0.3 is 9.47 Å². The Kier molecular flexibility index (Phi) is 3.28. The Morgan fingerprint density at radius 1 is 1.23 bits per heavy atom. The number of rotatable bonds is 3. The maximum absolute atomic E-state index is 6.65. The average Bonchev–Trinajstić information content (AvgIpc) is 2.94. The molecule has 3 nitrogen and oxygen atoms in total. The second kappa shape index (κ2) is 5.41. The molecule has 6 rings (SSSR count). The summed E-state index contributed by atoms with van der Waals surface area (Å²) in [6.07, 6.45) is 9.77. The van der Waals surface area contributed by atoms with E-state index in [0.717, 1.165) is 35.3 Å². The van der Waals surface area contributed by atoms with Gasteiger partial charge >= 0.3 is 0 Å². The topological polar surface area (TPSA) is 21.7 Å². The first kappa shape index (κ1) is 15.8. The highest BCUT2D eigenvalue weighted by atomic mass is 16.5. The Bertz CT molecular complexity index is 742. The van der Waals surface area contributed by atoms with E-state index in [9.17, 15) is 0 Å². The lowest BCUT2D eigenvalue weighted by Gasteiger charge is -2.60. The predicted octanol–water partition coefficient (Wildman–Crippen LogP) is 4.17. The number of ether oxygens (including phenoxy) is 2. The van der Waals surface area contributed by atoms with E-state index in [1.165, 1.54) is 58.0 Å². The monoisotopic (exact) mass is 353 g/mol. The molecule has 2 saturated carbocycles. The highest BCUT2D eigenvalue weighted by Crippen LogP contribution is 2.65. The third-order valence-corrected chi connectivity index (χ3v) is 8.66. The second-order valence-corrected chi connectivity index (χ2v) is 9.67. The van der Waals surface area contributed by atoms with Crippen molar-refractivity contribution >= 4 is 0 Å². The van der Waals surface area contributed by atoms with Gasteiger partial charge in [0.15, 0.2) is 11.5 Å². The number of hydrogen-bond donors (Lipinski definition) is 0. The molecule has 140 valence electrons. The van der Waals surface area contributed by atoms with Gasteiger partial charge in [-0.25, -0.2) is 0 Å². The van der Waals surface area contributed by atoms with Crippen LogP contribution < -0.4 is 9.47 Å². The van der Waals surface area contributed by atoms with Crippen LogP contribution in [0.25, 0.3) is 0 Å². The van der Waals surface area contributed by atoms with Crippen molar-refractivity contribution in [3.05, 3.63) is 23.3 Å². The molecule has 5 atom stereocenters. The van der Waals surface area contributed by atoms with E-state index < -0.39 is 0 Å². The maximum atomic E-state index is 6.65. The third-order valence-electron chi connectivity index (χ3n) is 8.66. The minimum Gasteiger partial charge on any atom is -0.493 e. The molecule has 1 saturated heterocycles. The fourth-order valence-corrected chi connectivity index (χ4v) is 7.38. The number of hydrogen-bond acceptors (Lipinski definition) is 3. The Morgan fingerprint density at radius 3 is 2.88 bits per heavy atom. The second-order valence-electron chi connectivity index (χ2n) is 9.67. The lowest BCUT2D eigenvalue weighted by atomic mass is 9.49. The maximum Gasteiger partial charge on any atom is 0.165 e. The van der Waals surface area contributed by atoms with Gasteiger partial charge in [-0.15, -0.1) is 0 Å². The fraction of sp³-hybridized carbons (Fsp3) is 0.739. The van der Waals surface area contributed by atoms with Crippen molar-refractivity contribution in [1.29, 1.82) is 0 Å². The zero-order valence-electron chi connectivity index (χ0n) is 16.2. The predicted molar refractivity (Wildman–Crippen MR) is 102 cm³/mol. The molecule has 1 aromatic rings. The van der Waals surface area contributed by atoms with Gasteiger partial charge in [0.25, 0.3) is 0 Å². The normalized spacial score (nSPS) is 40.5. The van der Waals surface area contributed by atoms with Crippen LogP contribution in [0, 0.1) is 17.8 Å². The van der Waals surface area contributed by atoms with Crippen LogP contribution in [0.1, 0.15) is 56.6 Å². The minimum atomic E-state index is 0.260. The Morgan fingerprint density at radius 2 is 2.12 bits per heavy atom. The lowest BCUT2D eigenvalue weighted by Crippen LogP contribution is -2.66. The van der Waals surface area contributed by atoms with Crippen LogP contribution in [-0.4, -0.2) is 37.2 Å². The van der Waals surface area contributed by atoms with Gasteiger partial charge in [0, 0.05) is 23.6 Å². The van der Waals surface area contributed by atoms with Crippen molar-refractivity contribution in [2.75, 3.05) is 20.2 Å². The third kappa shape index (κ3) is 1.83. The fourth-order valence-electron chi connectivity index (χ4n) is 7.38. The van der Waals surface area contributed by atoms with Crippen LogP contribution in [0.3, 0.4) is 0 Å². The van der Waals surface area contributed by atoms with Crippen molar-refractivity contribution in [1.82, 2.24) is 4.90 Å². The van der Waals surface area contributed by atoms with E-state index in [2.05, 4.69) is 24.0 Å². The number of piperidine rings is 1.